The van der Waals surface area contributed by atoms with E-state index in [1.54, 1.807) is 54.6 Å². The van der Waals surface area contributed by atoms with Crippen LogP contribution in [0.25, 0.3) is 0 Å². The Hall–Kier alpha value is -7.50. The van der Waals surface area contributed by atoms with E-state index in [4.69, 9.17) is 39.1 Å². The molecule has 0 spiro atoms. The van der Waals surface area contributed by atoms with Crippen LogP contribution in [0.3, 0.4) is 0 Å². The summed E-state index contributed by atoms with van der Waals surface area (Å²) >= 11 is 0. The van der Waals surface area contributed by atoms with Crippen molar-refractivity contribution in [3.63, 3.8) is 0 Å². The highest BCUT2D eigenvalue weighted by molar-refractivity contribution is 5.97. The van der Waals surface area contributed by atoms with Crippen LogP contribution in [0, 0.1) is 11.8 Å². The van der Waals surface area contributed by atoms with Gasteiger partial charge in [0, 0.05) is 19.5 Å². The standard InChI is InChI=1S/C47H75N15O9/c1-27(2)21-35(40(49)65)61-43(68)34(14-10-20-55-47(52)53)59-42(67)33(13-9-19-54-46(50)51)60-44(69)36(22-28(3)4)62-45(70)37(24-29-11-7-6-8-12-29)58-39(64)26-56-38(63)25-57-41(66)32(48)23-30-15-17-31(71-5)18-16-30/h6-8,11-12,15-18,27-28,32-37H,9-10,13-14,19-26,48H2,1-5H3,(H2,49,65)(H,56,63)(H,57,66)(H,58,64)(H,59,67)(H,60,69)(H,61,68)(H,62,70)(H4,50,51,54)(H4,52,53,55)/t32-,33-,34-,35+,36-,37-/m0/s1. The van der Waals surface area contributed by atoms with E-state index in [2.05, 4.69) is 47.2 Å². The van der Waals surface area contributed by atoms with Crippen molar-refractivity contribution in [2.75, 3.05) is 33.3 Å². The zero-order valence-corrected chi connectivity index (χ0v) is 41.3. The molecule has 0 aliphatic rings. The molecule has 0 aliphatic heterocycles. The van der Waals surface area contributed by atoms with Gasteiger partial charge in [-0.1, -0.05) is 70.2 Å². The number of ether oxygens (including phenoxy) is 1. The van der Waals surface area contributed by atoms with E-state index in [0.717, 1.165) is 5.56 Å². The lowest BCUT2D eigenvalue weighted by Gasteiger charge is -2.28. The number of rotatable bonds is 32. The van der Waals surface area contributed by atoms with Gasteiger partial charge in [-0.05, 0) is 80.0 Å². The molecule has 0 aliphatic carbocycles. The number of nitrogens with two attached hydrogens (primary N) is 6. The van der Waals surface area contributed by atoms with Gasteiger partial charge in [0.15, 0.2) is 11.9 Å². The molecule has 24 nitrogen and oxygen atoms in total. The number of nitrogens with one attached hydrogen (secondary N) is 7. The fraction of sp³-hybridized carbons (Fsp3) is 0.532. The Morgan fingerprint density at radius 2 is 0.972 bits per heavy atom. The molecule has 0 bridgehead atoms. The molecule has 0 saturated carbocycles. The largest absolute Gasteiger partial charge is 0.497 e. The van der Waals surface area contributed by atoms with Gasteiger partial charge < -0.3 is 76.4 Å². The summed E-state index contributed by atoms with van der Waals surface area (Å²) in [5.74, 6) is -5.68. The predicted molar refractivity (Wildman–Crippen MR) is 268 cm³/mol. The van der Waals surface area contributed by atoms with Gasteiger partial charge in [-0.25, -0.2) is 0 Å². The van der Waals surface area contributed by atoms with Crippen molar-refractivity contribution in [3.8, 4) is 5.75 Å². The summed E-state index contributed by atoms with van der Waals surface area (Å²) in [6.45, 7) is 6.49. The van der Waals surface area contributed by atoms with Crippen molar-refractivity contribution in [1.29, 1.82) is 0 Å². The SMILES string of the molecule is COc1ccc(C[C@H](N)C(=O)NCC(=O)NCC(=O)N[C@@H](Cc2ccccc2)C(=O)N[C@@H](CC(C)C)C(=O)N[C@@H](CCCN=C(N)N)C(=O)N[C@@H](CCCN=C(N)N)C(=O)N[C@H](CC(C)C)C(N)=O)cc1. The molecule has 19 N–H and O–H groups in total. The quantitative estimate of drug-likeness (QED) is 0.0200. The lowest BCUT2D eigenvalue weighted by molar-refractivity contribution is -0.135. The Morgan fingerprint density at radius 3 is 1.46 bits per heavy atom. The highest BCUT2D eigenvalue weighted by Gasteiger charge is 2.33. The molecule has 0 radical (unpaired) electrons. The van der Waals surface area contributed by atoms with Gasteiger partial charge in [0.25, 0.3) is 0 Å². The average molecular weight is 994 g/mol. The monoisotopic (exact) mass is 994 g/mol. The van der Waals surface area contributed by atoms with E-state index in [1.165, 1.54) is 7.11 Å². The molecule has 392 valence electrons. The number of primary amides is 1. The number of amides is 8. The molecule has 6 atom stereocenters. The summed E-state index contributed by atoms with van der Waals surface area (Å²) in [6, 6.07) is 8.74. The van der Waals surface area contributed by atoms with Gasteiger partial charge >= 0.3 is 0 Å². The van der Waals surface area contributed by atoms with Crippen molar-refractivity contribution >= 4 is 59.2 Å². The summed E-state index contributed by atoms with van der Waals surface area (Å²) in [5.41, 5.74) is 35.0. The topological polar surface area (TPSA) is 411 Å². The van der Waals surface area contributed by atoms with Crippen molar-refractivity contribution in [2.24, 2.45) is 56.2 Å². The lowest BCUT2D eigenvalue weighted by Crippen LogP contribution is -2.59. The van der Waals surface area contributed by atoms with Crippen LogP contribution in [-0.4, -0.2) is 129 Å². The zero-order valence-electron chi connectivity index (χ0n) is 41.3. The summed E-state index contributed by atoms with van der Waals surface area (Å²) in [7, 11) is 1.53. The number of nitrogens with zero attached hydrogens (tertiary/aromatic N) is 2. The fourth-order valence-electron chi connectivity index (χ4n) is 7.01. The van der Waals surface area contributed by atoms with Crippen LogP contribution in [0.2, 0.25) is 0 Å². The molecule has 2 aromatic rings. The molecule has 0 heterocycles. The first kappa shape index (κ1) is 59.6. The molecule has 0 saturated heterocycles. The van der Waals surface area contributed by atoms with E-state index in [9.17, 15) is 38.4 Å². The first-order valence-electron chi connectivity index (χ1n) is 23.5. The van der Waals surface area contributed by atoms with Crippen molar-refractivity contribution in [2.45, 2.75) is 115 Å². The van der Waals surface area contributed by atoms with Gasteiger partial charge in [0.1, 0.15) is 36.0 Å². The highest BCUT2D eigenvalue weighted by Crippen LogP contribution is 2.14. The number of guanidine groups is 2. The third kappa shape index (κ3) is 24.6. The second kappa shape index (κ2) is 31.6. The van der Waals surface area contributed by atoms with Crippen LogP contribution in [0.5, 0.6) is 5.75 Å². The number of hydrogen-bond acceptors (Lipinski definition) is 12. The second-order valence-electron chi connectivity index (χ2n) is 17.8. The molecular weight excluding hydrogens is 919 g/mol. The third-order valence-corrected chi connectivity index (χ3v) is 10.6. The van der Waals surface area contributed by atoms with Gasteiger partial charge in [-0.3, -0.25) is 48.3 Å². The van der Waals surface area contributed by atoms with Crippen molar-refractivity contribution < 1.29 is 43.1 Å². The van der Waals surface area contributed by atoms with E-state index in [1.807, 2.05) is 27.7 Å². The van der Waals surface area contributed by atoms with E-state index in [0.29, 0.717) is 11.3 Å². The lowest BCUT2D eigenvalue weighted by atomic mass is 10.00. The minimum Gasteiger partial charge on any atom is -0.497 e. The minimum absolute atomic E-state index is 0.0131. The normalized spacial score (nSPS) is 13.4. The summed E-state index contributed by atoms with van der Waals surface area (Å²) in [4.78, 5) is 115. The Balaban J connectivity index is 2.28. The molecule has 24 heteroatoms. The maximum absolute atomic E-state index is 14.2. The van der Waals surface area contributed by atoms with Crippen molar-refractivity contribution in [1.82, 2.24) is 37.2 Å². The summed E-state index contributed by atoms with van der Waals surface area (Å²) in [6.07, 6.45) is 0.956. The molecule has 0 fully saturated rings. The molecule has 0 unspecified atom stereocenters. The van der Waals surface area contributed by atoms with Crippen LogP contribution in [0.15, 0.2) is 64.6 Å². The first-order valence-corrected chi connectivity index (χ1v) is 23.5. The summed E-state index contributed by atoms with van der Waals surface area (Å²) < 4.78 is 5.14. The zero-order chi connectivity index (χ0) is 53.0. The summed E-state index contributed by atoms with van der Waals surface area (Å²) in [5, 5.41) is 18.3. The van der Waals surface area contributed by atoms with Crippen LogP contribution in [0.4, 0.5) is 0 Å². The first-order chi connectivity index (χ1) is 33.6. The fourth-order valence-corrected chi connectivity index (χ4v) is 7.01. The van der Waals surface area contributed by atoms with Crippen LogP contribution < -0.4 is 76.4 Å². The third-order valence-electron chi connectivity index (χ3n) is 10.6. The van der Waals surface area contributed by atoms with E-state index < -0.39 is 96.6 Å². The number of hydrogen-bond donors (Lipinski definition) is 13. The van der Waals surface area contributed by atoms with Crippen LogP contribution >= 0.6 is 0 Å². The van der Waals surface area contributed by atoms with Crippen LogP contribution in [-0.2, 0) is 51.2 Å². The molecule has 2 aromatic carbocycles. The predicted octanol–water partition coefficient (Wildman–Crippen LogP) is -2.85. The smallest absolute Gasteiger partial charge is 0.243 e. The van der Waals surface area contributed by atoms with Gasteiger partial charge in [-0.15, -0.1) is 0 Å². The Morgan fingerprint density at radius 1 is 0.521 bits per heavy atom. The molecule has 71 heavy (non-hydrogen) atoms. The van der Waals surface area contributed by atoms with Crippen molar-refractivity contribution in [3.05, 3.63) is 65.7 Å². The number of aliphatic imine (C=N–C) groups is 2. The number of benzene rings is 2. The number of carbonyl (C=O) groups is 8. The molecule has 8 amide bonds. The molecular formula is C47H75N15O9. The maximum Gasteiger partial charge on any atom is 0.243 e. The van der Waals surface area contributed by atoms with Gasteiger partial charge in [-0.2, -0.15) is 0 Å². The minimum atomic E-state index is -1.30. The van der Waals surface area contributed by atoms with E-state index in [-0.39, 0.29) is 88.2 Å². The number of carbonyl (C=O) groups excluding carboxylic acids is 8. The van der Waals surface area contributed by atoms with Crippen LogP contribution in [0.1, 0.15) is 77.3 Å². The molecule has 2 rings (SSSR count). The number of methoxy groups -OCH3 is 1. The highest BCUT2D eigenvalue weighted by atomic mass is 16.5. The average Bonchev–Trinajstić information content (AvgIpc) is 3.31. The molecule has 0 aromatic heterocycles. The van der Waals surface area contributed by atoms with Gasteiger partial charge in [0.2, 0.25) is 47.3 Å². The van der Waals surface area contributed by atoms with E-state index >= 15 is 0 Å². The second-order valence-corrected chi connectivity index (χ2v) is 17.8. The maximum atomic E-state index is 14.2. The van der Waals surface area contributed by atoms with Gasteiger partial charge in [0.05, 0.1) is 26.2 Å². The Kier molecular flexibility index (Phi) is 26.5. The Labute approximate surface area is 414 Å². The Bertz CT molecular complexity index is 2110.